The lowest BCUT2D eigenvalue weighted by Gasteiger charge is -2.38. The van der Waals surface area contributed by atoms with Crippen molar-refractivity contribution in [1.29, 1.82) is 0 Å². The van der Waals surface area contributed by atoms with Gasteiger partial charge in [-0.3, -0.25) is 19.2 Å². The van der Waals surface area contributed by atoms with Crippen molar-refractivity contribution in [1.82, 2.24) is 4.90 Å². The molecule has 0 aromatic heterocycles. The number of ketones is 2. The monoisotopic (exact) mass is 373 g/mol. The molecule has 0 aliphatic rings. The molecule has 0 saturated carbocycles. The molecule has 11 heteroatoms. The fourth-order valence-corrected chi connectivity index (χ4v) is 2.49. The first-order valence-electron chi connectivity index (χ1n) is 7.98. The van der Waals surface area contributed by atoms with Gasteiger partial charge in [-0.05, 0) is 19.3 Å². The van der Waals surface area contributed by atoms with Gasteiger partial charge in [0.1, 0.15) is 0 Å². The number of hydrogen-bond acceptors (Lipinski definition) is 9. The van der Waals surface area contributed by atoms with Crippen molar-refractivity contribution in [2.24, 2.45) is 28.9 Å². The lowest BCUT2D eigenvalue weighted by molar-refractivity contribution is -0.174. The molecule has 3 atom stereocenters. The van der Waals surface area contributed by atoms with E-state index in [4.69, 9.17) is 22.9 Å². The predicted octanol–water partition coefficient (Wildman–Crippen LogP) is -3.06. The molecule has 148 valence electrons. The number of amides is 2. The summed E-state index contributed by atoms with van der Waals surface area (Å²) >= 11 is 0. The molecule has 0 rings (SSSR count). The predicted molar refractivity (Wildman–Crippen MR) is 91.4 cm³/mol. The molecule has 0 aliphatic heterocycles. The van der Waals surface area contributed by atoms with Gasteiger partial charge in [0.2, 0.25) is 11.8 Å². The van der Waals surface area contributed by atoms with Crippen LogP contribution in [-0.4, -0.2) is 70.1 Å². The van der Waals surface area contributed by atoms with Crippen LogP contribution in [0.3, 0.4) is 0 Å². The highest BCUT2D eigenvalue weighted by molar-refractivity contribution is 6.32. The molecule has 0 spiro atoms. The van der Waals surface area contributed by atoms with E-state index in [-0.39, 0.29) is 17.2 Å². The van der Waals surface area contributed by atoms with E-state index in [1.807, 2.05) is 0 Å². The van der Waals surface area contributed by atoms with Gasteiger partial charge < -0.3 is 28.0 Å². The zero-order valence-electron chi connectivity index (χ0n) is 15.1. The number of nitrogens with zero attached hydrogens (tertiary/aromatic N) is 1. The van der Waals surface area contributed by atoms with Crippen molar-refractivity contribution in [3.8, 4) is 0 Å². The third-order valence-electron chi connectivity index (χ3n) is 3.69. The fraction of sp³-hybridized carbons (Fsp3) is 0.667. The van der Waals surface area contributed by atoms with E-state index in [0.29, 0.717) is 0 Å². The number of carboxylic acid groups (broad SMARTS) is 1. The second-order valence-corrected chi connectivity index (χ2v) is 6.30. The Hall–Kier alpha value is -2.21. The van der Waals surface area contributed by atoms with Gasteiger partial charge in [0.05, 0.1) is 25.2 Å². The molecule has 3 unspecified atom stereocenters. The Bertz CT molecular complexity index is 591. The lowest BCUT2D eigenvalue weighted by atomic mass is 9.80. The van der Waals surface area contributed by atoms with Crippen LogP contribution in [0.15, 0.2) is 0 Å². The maximum absolute atomic E-state index is 12.9. The van der Waals surface area contributed by atoms with Gasteiger partial charge >= 0.3 is 5.97 Å². The largest absolute Gasteiger partial charge is 0.479 e. The lowest BCUT2D eigenvalue weighted by Crippen LogP contribution is -2.74. The van der Waals surface area contributed by atoms with Gasteiger partial charge in [-0.25, -0.2) is 9.69 Å². The number of aliphatic carboxylic acids is 1. The highest BCUT2D eigenvalue weighted by Gasteiger charge is 2.61. The summed E-state index contributed by atoms with van der Waals surface area (Å²) in [6.45, 7) is 2.84. The standard InChI is InChI=1S/C15H27N5O6/c1-7(2)4-9(19)12(23)15(14(25)26,10(21)5-16)20(11(22)6-17)13(24)8(3)18/h7-9H,4-6,16-19H2,1-3H3,(H,25,26). The number of nitrogens with two attached hydrogens (primary N) is 4. The molecular weight excluding hydrogens is 346 g/mol. The number of Topliss-reactive ketones (excluding diaryl/α,β-unsaturated/α-hetero) is 2. The number of hydrogen-bond donors (Lipinski definition) is 5. The maximum atomic E-state index is 12.9. The van der Waals surface area contributed by atoms with Crippen molar-refractivity contribution >= 4 is 29.4 Å². The molecule has 11 nitrogen and oxygen atoms in total. The number of rotatable bonds is 10. The SMILES string of the molecule is CC(C)CC(N)C(=O)C(C(=O)O)(C(=O)CN)N(C(=O)CN)C(=O)C(C)N. The Morgan fingerprint density at radius 3 is 1.81 bits per heavy atom. The van der Waals surface area contributed by atoms with Crippen LogP contribution in [0.1, 0.15) is 27.2 Å². The van der Waals surface area contributed by atoms with Crippen LogP contribution < -0.4 is 22.9 Å². The van der Waals surface area contributed by atoms with Crippen molar-refractivity contribution < 1.29 is 29.1 Å². The van der Waals surface area contributed by atoms with Crippen LogP contribution in [0.2, 0.25) is 0 Å². The maximum Gasteiger partial charge on any atom is 0.346 e. The summed E-state index contributed by atoms with van der Waals surface area (Å²) in [5, 5.41) is 9.74. The van der Waals surface area contributed by atoms with Crippen LogP contribution >= 0.6 is 0 Å². The van der Waals surface area contributed by atoms with Crippen LogP contribution in [0, 0.1) is 5.92 Å². The number of imide groups is 1. The zero-order valence-corrected chi connectivity index (χ0v) is 15.1. The first-order valence-corrected chi connectivity index (χ1v) is 7.98. The molecule has 0 fully saturated rings. The van der Waals surface area contributed by atoms with E-state index >= 15 is 0 Å². The number of carboxylic acids is 1. The van der Waals surface area contributed by atoms with E-state index in [2.05, 4.69) is 0 Å². The van der Waals surface area contributed by atoms with E-state index in [0.717, 1.165) is 6.92 Å². The second kappa shape index (κ2) is 9.48. The van der Waals surface area contributed by atoms with Crippen LogP contribution in [0.25, 0.3) is 0 Å². The van der Waals surface area contributed by atoms with Crippen molar-refractivity contribution in [2.45, 2.75) is 44.8 Å². The fourth-order valence-electron chi connectivity index (χ4n) is 2.49. The van der Waals surface area contributed by atoms with E-state index in [1.54, 1.807) is 13.8 Å². The zero-order chi connectivity index (χ0) is 20.8. The number of carbonyl (C=O) groups excluding carboxylic acids is 4. The van der Waals surface area contributed by atoms with Crippen LogP contribution in [-0.2, 0) is 24.0 Å². The van der Waals surface area contributed by atoms with E-state index in [1.165, 1.54) is 0 Å². The minimum absolute atomic E-state index is 0.00227. The van der Waals surface area contributed by atoms with Gasteiger partial charge in [0.25, 0.3) is 5.54 Å². The minimum atomic E-state index is -3.22. The van der Waals surface area contributed by atoms with Crippen molar-refractivity contribution in [3.05, 3.63) is 0 Å². The highest BCUT2D eigenvalue weighted by atomic mass is 16.4. The summed E-state index contributed by atoms with van der Waals surface area (Å²) in [5.74, 6) is -7.39. The molecule has 0 aromatic rings. The molecular formula is C15H27N5O6. The third-order valence-corrected chi connectivity index (χ3v) is 3.69. The number of carbonyl (C=O) groups is 5. The summed E-state index contributed by atoms with van der Waals surface area (Å²) in [4.78, 5) is 62.2. The van der Waals surface area contributed by atoms with Crippen LogP contribution in [0.4, 0.5) is 0 Å². The topological polar surface area (TPSA) is 213 Å². The third kappa shape index (κ3) is 4.49. The Labute approximate surface area is 151 Å². The summed E-state index contributed by atoms with van der Waals surface area (Å²) in [6.07, 6.45) is 0.0166. The first-order chi connectivity index (χ1) is 11.9. The van der Waals surface area contributed by atoms with E-state index in [9.17, 15) is 29.1 Å². The van der Waals surface area contributed by atoms with Gasteiger partial charge in [-0.15, -0.1) is 0 Å². The van der Waals surface area contributed by atoms with E-state index < -0.39 is 60.1 Å². The Kier molecular flexibility index (Phi) is 8.67. The first kappa shape index (κ1) is 23.8. The molecule has 0 aliphatic carbocycles. The van der Waals surface area contributed by atoms with Gasteiger partial charge in [0, 0.05) is 0 Å². The molecule has 0 heterocycles. The summed E-state index contributed by atoms with van der Waals surface area (Å²) < 4.78 is 0. The molecule has 9 N–H and O–H groups in total. The second-order valence-electron chi connectivity index (χ2n) is 6.30. The quantitative estimate of drug-likeness (QED) is 0.244. The van der Waals surface area contributed by atoms with Crippen molar-refractivity contribution in [3.63, 3.8) is 0 Å². The molecule has 2 amide bonds. The molecule has 0 bridgehead atoms. The summed E-state index contributed by atoms with van der Waals surface area (Å²) in [5.41, 5.74) is 18.5. The molecule has 0 aromatic carbocycles. The summed E-state index contributed by atoms with van der Waals surface area (Å²) in [6, 6.07) is -2.82. The average Bonchev–Trinajstić information content (AvgIpc) is 2.55. The molecule has 0 radical (unpaired) electrons. The van der Waals surface area contributed by atoms with Gasteiger partial charge in [0.15, 0.2) is 11.6 Å². The Morgan fingerprint density at radius 1 is 1.00 bits per heavy atom. The highest BCUT2D eigenvalue weighted by Crippen LogP contribution is 2.24. The Balaban J connectivity index is 6.74. The molecule has 0 saturated heterocycles. The minimum Gasteiger partial charge on any atom is -0.479 e. The van der Waals surface area contributed by atoms with Gasteiger partial charge in [-0.2, -0.15) is 0 Å². The van der Waals surface area contributed by atoms with Gasteiger partial charge in [-0.1, -0.05) is 13.8 Å². The summed E-state index contributed by atoms with van der Waals surface area (Å²) in [7, 11) is 0. The Morgan fingerprint density at radius 2 is 1.50 bits per heavy atom. The van der Waals surface area contributed by atoms with Crippen molar-refractivity contribution in [2.75, 3.05) is 13.1 Å². The average molecular weight is 373 g/mol. The van der Waals surface area contributed by atoms with Crippen LogP contribution in [0.5, 0.6) is 0 Å². The molecule has 26 heavy (non-hydrogen) atoms. The normalized spacial score (nSPS) is 15.7. The smallest absolute Gasteiger partial charge is 0.346 e.